The number of nitrogens with zero attached hydrogens (tertiary/aromatic N) is 6. The highest BCUT2D eigenvalue weighted by molar-refractivity contribution is 7.98. The summed E-state index contributed by atoms with van der Waals surface area (Å²) in [5, 5.41) is 9.75. The maximum atomic E-state index is 12.6. The summed E-state index contributed by atoms with van der Waals surface area (Å²) < 4.78 is 30.7. The summed E-state index contributed by atoms with van der Waals surface area (Å²) in [6.45, 7) is 5.82. The average Bonchev–Trinajstić information content (AvgIpc) is 3.38. The van der Waals surface area contributed by atoms with Gasteiger partial charge in [0.05, 0.1) is 21.7 Å². The third kappa shape index (κ3) is 4.89. The largest absolute Gasteiger partial charge is 0.327 e. The molecule has 0 unspecified atom stereocenters. The van der Waals surface area contributed by atoms with Crippen LogP contribution in [0.4, 0.5) is 0 Å². The number of hydrogen-bond donors (Lipinski definition) is 0. The molecule has 34 heavy (non-hydrogen) atoms. The van der Waals surface area contributed by atoms with Crippen LogP contribution in [0.3, 0.4) is 0 Å². The van der Waals surface area contributed by atoms with E-state index in [9.17, 15) is 8.42 Å². The highest BCUT2D eigenvalue weighted by Gasteiger charge is 2.20. The first-order valence-corrected chi connectivity index (χ1v) is 13.8. The first-order chi connectivity index (χ1) is 16.3. The molecule has 4 rings (SSSR count). The van der Waals surface area contributed by atoms with Gasteiger partial charge in [-0.05, 0) is 37.1 Å². The van der Waals surface area contributed by atoms with Gasteiger partial charge in [0.2, 0.25) is 10.0 Å². The minimum Gasteiger partial charge on any atom is -0.327 e. The molecule has 0 N–H and O–H groups in total. The van der Waals surface area contributed by atoms with E-state index in [1.807, 2.05) is 24.3 Å². The van der Waals surface area contributed by atoms with Gasteiger partial charge in [-0.2, -0.15) is 0 Å². The fraction of sp³-hybridized carbons (Fsp3) is 0.375. The maximum absolute atomic E-state index is 12.6. The fourth-order valence-corrected chi connectivity index (χ4v) is 5.79. The molecule has 2 heterocycles. The normalized spacial score (nSPS) is 12.1. The van der Waals surface area contributed by atoms with Crippen LogP contribution in [0.1, 0.15) is 37.5 Å². The monoisotopic (exact) mass is 498 g/mol. The Hall–Kier alpha value is -2.69. The van der Waals surface area contributed by atoms with E-state index in [0.29, 0.717) is 11.3 Å². The molecular weight excluding hydrogens is 468 g/mol. The lowest BCUT2D eigenvalue weighted by atomic mass is 10.1. The Morgan fingerprint density at radius 3 is 2.41 bits per heavy atom. The Morgan fingerprint density at radius 2 is 1.74 bits per heavy atom. The van der Waals surface area contributed by atoms with Gasteiger partial charge in [0.15, 0.2) is 5.16 Å². The Morgan fingerprint density at radius 1 is 0.971 bits per heavy atom. The fourth-order valence-electron chi connectivity index (χ4n) is 3.90. The van der Waals surface area contributed by atoms with E-state index >= 15 is 0 Å². The summed E-state index contributed by atoms with van der Waals surface area (Å²) in [7, 11) is -0.444. The van der Waals surface area contributed by atoms with Gasteiger partial charge in [-0.25, -0.2) is 17.7 Å². The molecule has 8 nitrogen and oxygen atoms in total. The van der Waals surface area contributed by atoms with Crippen LogP contribution in [0, 0.1) is 0 Å². The standard InChI is InChI=1S/C24H30N6O2S2/c1-5-14-30-21-13-12-19(34(31,32)28(3)4)16-20(21)25-23(30)17-33-24-27-26-22(29(24)6-2)15-18-10-8-7-9-11-18/h7-13,16H,5-6,14-15,17H2,1-4H3. The molecule has 0 atom stereocenters. The summed E-state index contributed by atoms with van der Waals surface area (Å²) >= 11 is 1.61. The zero-order valence-electron chi connectivity index (χ0n) is 20.0. The van der Waals surface area contributed by atoms with E-state index in [4.69, 9.17) is 4.98 Å². The number of thioether (sulfide) groups is 1. The van der Waals surface area contributed by atoms with E-state index in [2.05, 4.69) is 45.3 Å². The number of hydrogen-bond acceptors (Lipinski definition) is 6. The Labute approximate surface area is 205 Å². The van der Waals surface area contributed by atoms with Gasteiger partial charge in [-0.15, -0.1) is 10.2 Å². The summed E-state index contributed by atoms with van der Waals surface area (Å²) in [5.74, 6) is 2.46. The Balaban J connectivity index is 1.61. The molecular formula is C24H30N6O2S2. The van der Waals surface area contributed by atoms with Crippen LogP contribution in [0.25, 0.3) is 11.0 Å². The van der Waals surface area contributed by atoms with Gasteiger partial charge in [-0.3, -0.25) is 0 Å². The molecule has 4 aromatic rings. The number of aromatic nitrogens is 5. The molecule has 0 aliphatic carbocycles. The third-order valence-electron chi connectivity index (χ3n) is 5.67. The highest BCUT2D eigenvalue weighted by atomic mass is 32.2. The predicted octanol–water partition coefficient (Wildman–Crippen LogP) is 4.19. The minimum absolute atomic E-state index is 0.252. The molecule has 0 fully saturated rings. The van der Waals surface area contributed by atoms with E-state index in [1.165, 1.54) is 24.0 Å². The highest BCUT2D eigenvalue weighted by Crippen LogP contribution is 2.27. The lowest BCUT2D eigenvalue weighted by Crippen LogP contribution is -2.22. The second-order valence-corrected chi connectivity index (χ2v) is 11.3. The molecule has 0 amide bonds. The van der Waals surface area contributed by atoms with E-state index < -0.39 is 10.0 Å². The predicted molar refractivity (Wildman–Crippen MR) is 135 cm³/mol. The number of fused-ring (bicyclic) bond motifs is 1. The molecule has 2 aromatic heterocycles. The van der Waals surface area contributed by atoms with Crippen LogP contribution in [0.15, 0.2) is 58.6 Å². The number of benzene rings is 2. The summed E-state index contributed by atoms with van der Waals surface area (Å²) in [5.41, 5.74) is 2.83. The van der Waals surface area contributed by atoms with Crippen LogP contribution in [0.2, 0.25) is 0 Å². The van der Waals surface area contributed by atoms with Crippen LogP contribution in [0.5, 0.6) is 0 Å². The van der Waals surface area contributed by atoms with Gasteiger partial charge in [0.25, 0.3) is 0 Å². The van der Waals surface area contributed by atoms with E-state index in [-0.39, 0.29) is 4.90 Å². The SMILES string of the molecule is CCCn1c(CSc2nnc(Cc3ccccc3)n2CC)nc2cc(S(=O)(=O)N(C)C)ccc21. The van der Waals surface area contributed by atoms with E-state index in [0.717, 1.165) is 48.3 Å². The van der Waals surface area contributed by atoms with Gasteiger partial charge in [0, 0.05) is 33.6 Å². The topological polar surface area (TPSA) is 85.9 Å². The van der Waals surface area contributed by atoms with Crippen LogP contribution >= 0.6 is 11.8 Å². The first-order valence-electron chi connectivity index (χ1n) is 11.4. The van der Waals surface area contributed by atoms with Gasteiger partial charge in [0.1, 0.15) is 11.6 Å². The summed E-state index contributed by atoms with van der Waals surface area (Å²) in [6.07, 6.45) is 1.69. The van der Waals surface area contributed by atoms with E-state index in [1.54, 1.807) is 23.9 Å². The molecule has 0 saturated heterocycles. The molecule has 180 valence electrons. The van der Waals surface area contributed by atoms with Crippen molar-refractivity contribution in [1.82, 2.24) is 28.6 Å². The second kappa shape index (κ2) is 10.3. The lowest BCUT2D eigenvalue weighted by Gasteiger charge is -2.11. The smallest absolute Gasteiger partial charge is 0.242 e. The second-order valence-electron chi connectivity index (χ2n) is 8.21. The molecule has 0 spiro atoms. The lowest BCUT2D eigenvalue weighted by molar-refractivity contribution is 0.521. The van der Waals surface area contributed by atoms with Crippen molar-refractivity contribution in [2.75, 3.05) is 14.1 Å². The van der Waals surface area contributed by atoms with Crippen LogP contribution in [-0.4, -0.2) is 51.1 Å². The minimum atomic E-state index is -3.51. The first kappa shape index (κ1) is 24.4. The van der Waals surface area contributed by atoms with Crippen LogP contribution in [-0.2, 0) is 35.3 Å². The number of sulfonamides is 1. The maximum Gasteiger partial charge on any atom is 0.242 e. The molecule has 0 saturated carbocycles. The molecule has 10 heteroatoms. The van der Waals surface area contributed by atoms with Crippen molar-refractivity contribution in [2.45, 2.75) is 55.6 Å². The average molecular weight is 499 g/mol. The third-order valence-corrected chi connectivity index (χ3v) is 8.44. The van der Waals surface area contributed by atoms with Gasteiger partial charge < -0.3 is 9.13 Å². The number of imidazole rings is 1. The van der Waals surface area contributed by atoms with Crippen LogP contribution < -0.4 is 0 Å². The van der Waals surface area contributed by atoms with Crippen molar-refractivity contribution in [3.63, 3.8) is 0 Å². The van der Waals surface area contributed by atoms with Crippen molar-refractivity contribution in [3.8, 4) is 0 Å². The van der Waals surface area contributed by atoms with Crippen molar-refractivity contribution < 1.29 is 8.42 Å². The molecule has 2 aromatic carbocycles. The van der Waals surface area contributed by atoms with Crippen molar-refractivity contribution in [2.24, 2.45) is 0 Å². The van der Waals surface area contributed by atoms with Crippen molar-refractivity contribution >= 4 is 32.8 Å². The molecule has 0 aliphatic heterocycles. The zero-order valence-corrected chi connectivity index (χ0v) is 21.6. The van der Waals surface area contributed by atoms with Gasteiger partial charge in [-0.1, -0.05) is 49.0 Å². The van der Waals surface area contributed by atoms with Crippen molar-refractivity contribution in [1.29, 1.82) is 0 Å². The quantitative estimate of drug-likeness (QED) is 0.305. The summed E-state index contributed by atoms with van der Waals surface area (Å²) in [6, 6.07) is 15.4. The summed E-state index contributed by atoms with van der Waals surface area (Å²) in [4.78, 5) is 5.06. The number of aryl methyl sites for hydroxylation is 1. The molecule has 0 radical (unpaired) electrons. The van der Waals surface area contributed by atoms with Gasteiger partial charge >= 0.3 is 0 Å². The Bertz CT molecular complexity index is 1380. The Kier molecular flexibility index (Phi) is 7.39. The molecule has 0 aliphatic rings. The number of rotatable bonds is 10. The zero-order chi connectivity index (χ0) is 24.3. The molecule has 0 bridgehead atoms. The van der Waals surface area contributed by atoms with Crippen molar-refractivity contribution in [3.05, 3.63) is 65.7 Å².